The van der Waals surface area contributed by atoms with Gasteiger partial charge in [0.1, 0.15) is 6.07 Å². The van der Waals surface area contributed by atoms with Crippen molar-refractivity contribution in [3.8, 4) is 6.07 Å². The molecule has 1 amide bonds. The summed E-state index contributed by atoms with van der Waals surface area (Å²) < 4.78 is 5.48. The molecule has 2 aromatic rings. The van der Waals surface area contributed by atoms with Crippen LogP contribution in [0.5, 0.6) is 0 Å². The number of hydrogen-bond acceptors (Lipinski definition) is 7. The topological polar surface area (TPSA) is 107 Å². The quantitative estimate of drug-likeness (QED) is 0.425. The Kier molecular flexibility index (Phi) is 9.30. The molecule has 2 aliphatic heterocycles. The lowest BCUT2D eigenvalue weighted by Crippen LogP contribution is -2.49. The molecule has 0 aromatic heterocycles. The molecule has 2 aliphatic rings. The van der Waals surface area contributed by atoms with E-state index < -0.39 is 0 Å². The van der Waals surface area contributed by atoms with Crippen LogP contribution in [0, 0.1) is 11.3 Å². The fraction of sp³-hybridized carbons (Fsp3) is 0.414. The molecule has 194 valence electrons. The molecule has 2 aromatic carbocycles. The molecular weight excluding hydrogens is 464 g/mol. The Morgan fingerprint density at radius 2 is 1.89 bits per heavy atom. The minimum absolute atomic E-state index is 0.320. The van der Waals surface area contributed by atoms with E-state index in [1.165, 1.54) is 11.8 Å². The second-order valence-corrected chi connectivity index (χ2v) is 9.45. The number of rotatable bonds is 8. The lowest BCUT2D eigenvalue weighted by molar-refractivity contribution is -0.112. The number of piperidine rings is 1. The summed E-state index contributed by atoms with van der Waals surface area (Å²) in [6.45, 7) is 7.78. The van der Waals surface area contributed by atoms with Gasteiger partial charge >= 0.3 is 0 Å². The minimum atomic E-state index is -0.341. The van der Waals surface area contributed by atoms with Gasteiger partial charge in [0.2, 0.25) is 0 Å². The van der Waals surface area contributed by atoms with Crippen LogP contribution in [0.1, 0.15) is 30.9 Å². The fourth-order valence-corrected chi connectivity index (χ4v) is 5.04. The van der Waals surface area contributed by atoms with Crippen molar-refractivity contribution in [3.05, 3.63) is 71.4 Å². The van der Waals surface area contributed by atoms with Crippen LogP contribution in [-0.4, -0.2) is 68.5 Å². The van der Waals surface area contributed by atoms with E-state index in [-0.39, 0.29) is 5.91 Å². The molecule has 0 saturated carbocycles. The summed E-state index contributed by atoms with van der Waals surface area (Å²) in [5.74, 6) is -0.341. The Bertz CT molecular complexity index is 1160. The van der Waals surface area contributed by atoms with E-state index in [1.54, 1.807) is 13.0 Å². The Labute approximate surface area is 219 Å². The van der Waals surface area contributed by atoms with Crippen molar-refractivity contribution in [3.63, 3.8) is 0 Å². The van der Waals surface area contributed by atoms with Gasteiger partial charge < -0.3 is 20.7 Å². The number of nitrogens with one attached hydrogen (secondary N) is 1. The van der Waals surface area contributed by atoms with Gasteiger partial charge in [0, 0.05) is 56.4 Å². The lowest BCUT2D eigenvalue weighted by atomic mass is 10.0. The van der Waals surface area contributed by atoms with E-state index in [9.17, 15) is 10.1 Å². The molecule has 3 N–H and O–H groups in total. The number of carbonyl (C=O) groups is 1. The number of benzene rings is 2. The zero-order valence-electron chi connectivity index (χ0n) is 21.5. The van der Waals surface area contributed by atoms with Crippen LogP contribution in [0.2, 0.25) is 0 Å². The van der Waals surface area contributed by atoms with Crippen LogP contribution >= 0.6 is 0 Å². The standard InChI is InChI=1S/C29H36N6O2/c1-22(32-12-9-23-5-3-2-4-6-23)27(21-31)29(36)33-25-7-8-28(24(19-25)20-30)35-13-10-26(11-14-35)34-15-17-37-18-16-34/h2-8,19,21,26H,9-18,31H2,1H3,(H,33,36). The Balaban J connectivity index is 1.35. The van der Waals surface area contributed by atoms with Crippen LogP contribution in [0.25, 0.3) is 0 Å². The van der Waals surface area contributed by atoms with Crippen LogP contribution in [0.4, 0.5) is 11.4 Å². The number of nitrogens with two attached hydrogens (primary N) is 1. The highest BCUT2D eigenvalue weighted by atomic mass is 16.5. The number of nitrogens with zero attached hydrogens (tertiary/aromatic N) is 4. The van der Waals surface area contributed by atoms with Gasteiger partial charge in [-0.3, -0.25) is 14.7 Å². The second kappa shape index (κ2) is 13.0. The SMILES string of the molecule is CC(=NCCc1ccccc1)C(=CN)C(=O)Nc1ccc(N2CCC(N3CCOCC3)CC2)c(C#N)c1. The molecule has 2 saturated heterocycles. The molecular formula is C29H36N6O2. The van der Waals surface area contributed by atoms with Gasteiger partial charge in [-0.1, -0.05) is 30.3 Å². The summed E-state index contributed by atoms with van der Waals surface area (Å²) in [4.78, 5) is 22.3. The summed E-state index contributed by atoms with van der Waals surface area (Å²) in [6, 6.07) is 18.5. The first-order valence-corrected chi connectivity index (χ1v) is 13.0. The number of ether oxygens (including phenoxy) is 1. The zero-order chi connectivity index (χ0) is 26.0. The molecule has 8 nitrogen and oxygen atoms in total. The highest BCUT2D eigenvalue weighted by Gasteiger charge is 2.27. The largest absolute Gasteiger partial charge is 0.404 e. The number of hydrogen-bond donors (Lipinski definition) is 2. The molecule has 4 rings (SSSR count). The molecule has 8 heteroatoms. The van der Waals surface area contributed by atoms with Crippen LogP contribution < -0.4 is 16.0 Å². The molecule has 2 fully saturated rings. The summed E-state index contributed by atoms with van der Waals surface area (Å²) in [5, 5.41) is 12.7. The third-order valence-electron chi connectivity index (χ3n) is 7.14. The van der Waals surface area contributed by atoms with Crippen molar-refractivity contribution in [1.29, 1.82) is 5.26 Å². The van der Waals surface area contributed by atoms with Crippen LogP contribution in [0.15, 0.2) is 65.3 Å². The van der Waals surface area contributed by atoms with Gasteiger partial charge in [0.25, 0.3) is 5.91 Å². The number of amides is 1. The van der Waals surface area contributed by atoms with E-state index in [2.05, 4.69) is 38.3 Å². The smallest absolute Gasteiger partial charge is 0.258 e. The Hall–Kier alpha value is -3.67. The Morgan fingerprint density at radius 1 is 1.16 bits per heavy atom. The normalized spacial score (nSPS) is 17.9. The fourth-order valence-electron chi connectivity index (χ4n) is 5.04. The molecule has 0 atom stereocenters. The van der Waals surface area contributed by atoms with Gasteiger partial charge in [0.05, 0.1) is 30.0 Å². The number of morpholine rings is 1. The predicted molar refractivity (Wildman–Crippen MR) is 148 cm³/mol. The number of anilines is 2. The highest BCUT2D eigenvalue weighted by molar-refractivity contribution is 6.24. The summed E-state index contributed by atoms with van der Waals surface area (Å²) in [6.07, 6.45) is 4.21. The first kappa shape index (κ1) is 26.4. The maximum Gasteiger partial charge on any atom is 0.258 e. The first-order valence-electron chi connectivity index (χ1n) is 13.0. The predicted octanol–water partition coefficient (Wildman–Crippen LogP) is 3.34. The molecule has 37 heavy (non-hydrogen) atoms. The molecule has 0 bridgehead atoms. The van der Waals surface area contributed by atoms with Crippen molar-refractivity contribution in [2.24, 2.45) is 10.7 Å². The molecule has 0 spiro atoms. The summed E-state index contributed by atoms with van der Waals surface area (Å²) >= 11 is 0. The van der Waals surface area contributed by atoms with E-state index in [0.29, 0.717) is 35.1 Å². The van der Waals surface area contributed by atoms with Crippen LogP contribution in [0.3, 0.4) is 0 Å². The van der Waals surface area contributed by atoms with E-state index >= 15 is 0 Å². The monoisotopic (exact) mass is 500 g/mol. The van der Waals surface area contributed by atoms with Gasteiger partial charge in [-0.15, -0.1) is 0 Å². The third-order valence-corrected chi connectivity index (χ3v) is 7.14. The minimum Gasteiger partial charge on any atom is -0.404 e. The maximum atomic E-state index is 12.9. The second-order valence-electron chi connectivity index (χ2n) is 9.45. The summed E-state index contributed by atoms with van der Waals surface area (Å²) in [5.41, 5.74) is 9.89. The zero-order valence-corrected chi connectivity index (χ0v) is 21.5. The van der Waals surface area contributed by atoms with Gasteiger partial charge in [-0.05, 0) is 49.9 Å². The van der Waals surface area contributed by atoms with Gasteiger partial charge in [-0.25, -0.2) is 0 Å². The van der Waals surface area contributed by atoms with E-state index in [0.717, 1.165) is 64.3 Å². The average molecular weight is 501 g/mol. The number of carbonyl (C=O) groups excluding carboxylic acids is 1. The summed E-state index contributed by atoms with van der Waals surface area (Å²) in [7, 11) is 0. The first-order chi connectivity index (χ1) is 18.1. The lowest BCUT2D eigenvalue weighted by Gasteiger charge is -2.41. The molecule has 0 aliphatic carbocycles. The number of nitriles is 1. The maximum absolute atomic E-state index is 12.9. The average Bonchev–Trinajstić information content (AvgIpc) is 2.94. The van der Waals surface area contributed by atoms with Crippen LogP contribution in [-0.2, 0) is 16.0 Å². The van der Waals surface area contributed by atoms with Crippen molar-refractivity contribution >= 4 is 23.0 Å². The van der Waals surface area contributed by atoms with Gasteiger partial charge in [-0.2, -0.15) is 5.26 Å². The van der Waals surface area contributed by atoms with Crippen molar-refractivity contribution in [2.75, 3.05) is 56.2 Å². The Morgan fingerprint density at radius 3 is 2.57 bits per heavy atom. The molecule has 2 heterocycles. The highest BCUT2D eigenvalue weighted by Crippen LogP contribution is 2.28. The van der Waals surface area contributed by atoms with Crippen molar-refractivity contribution in [2.45, 2.75) is 32.2 Å². The van der Waals surface area contributed by atoms with Crippen molar-refractivity contribution < 1.29 is 9.53 Å². The number of aliphatic imine (C=N–C) groups is 1. The third kappa shape index (κ3) is 6.97. The molecule has 0 radical (unpaired) electrons. The van der Waals surface area contributed by atoms with Crippen molar-refractivity contribution in [1.82, 2.24) is 4.90 Å². The van der Waals surface area contributed by atoms with E-state index in [1.807, 2.05) is 30.3 Å². The van der Waals surface area contributed by atoms with Gasteiger partial charge in [0.15, 0.2) is 0 Å². The molecule has 0 unspecified atom stereocenters. The van der Waals surface area contributed by atoms with E-state index in [4.69, 9.17) is 10.5 Å².